The summed E-state index contributed by atoms with van der Waals surface area (Å²) in [6.07, 6.45) is 0. The van der Waals surface area contributed by atoms with Crippen LogP contribution < -0.4 is 19.3 Å². The minimum Gasteiger partial charge on any atom is -0.455 e. The van der Waals surface area contributed by atoms with Crippen molar-refractivity contribution >= 4 is 77.9 Å². The summed E-state index contributed by atoms with van der Waals surface area (Å²) in [5, 5.41) is 4.45. The number of nitrogens with zero attached hydrogens (tertiary/aromatic N) is 3. The second-order valence-corrected chi connectivity index (χ2v) is 16.8. The predicted molar refractivity (Wildman–Crippen MR) is 268 cm³/mol. The summed E-state index contributed by atoms with van der Waals surface area (Å²) in [7, 11) is 0. The molecule has 0 amide bonds. The third-order valence-electron chi connectivity index (χ3n) is 13.1. The lowest BCUT2D eigenvalue weighted by atomic mass is 9.96. The fraction of sp³-hybridized carbons (Fsp3) is 0. The standard InChI is InChI=1S/C60H37N3O3/c1-2-19-40(20-3-1)63-48-26-5-4-23-44(48)47-37-46(39-18-15-22-42(36-39)62-51-29-8-12-33-55(51)65-56-34-13-9-30-52(56)62)60-57(58(47)63)45-25-16-24-43(59(45)66-60)38-17-14-21-41(35-38)61-49-27-6-10-31-53(49)64-54-32-11-7-28-50(54)61/h1-37H. The Hall–Kier alpha value is -9.00. The lowest BCUT2D eigenvalue weighted by molar-refractivity contribution is 0.477. The van der Waals surface area contributed by atoms with E-state index in [1.54, 1.807) is 0 Å². The van der Waals surface area contributed by atoms with Gasteiger partial charge in [-0.3, -0.25) is 0 Å². The minimum atomic E-state index is 0.815. The number of hydrogen-bond donors (Lipinski definition) is 0. The molecule has 0 bridgehead atoms. The highest BCUT2D eigenvalue weighted by Crippen LogP contribution is 2.53. The topological polar surface area (TPSA) is 43.0 Å². The molecule has 0 unspecified atom stereocenters. The number of benzene rings is 10. The fourth-order valence-corrected chi connectivity index (χ4v) is 10.3. The molecule has 0 saturated carbocycles. The molecule has 0 aliphatic carbocycles. The van der Waals surface area contributed by atoms with Gasteiger partial charge in [0.2, 0.25) is 0 Å². The number of anilines is 6. The van der Waals surface area contributed by atoms with Crippen molar-refractivity contribution in [2.24, 2.45) is 0 Å². The molecule has 2 aromatic heterocycles. The predicted octanol–water partition coefficient (Wildman–Crippen LogP) is 17.2. The van der Waals surface area contributed by atoms with Crippen LogP contribution in [0.15, 0.2) is 229 Å². The summed E-state index contributed by atoms with van der Waals surface area (Å²) in [4.78, 5) is 4.58. The van der Waals surface area contributed by atoms with Crippen LogP contribution in [0.4, 0.5) is 34.1 Å². The SMILES string of the molecule is c1ccc(-n2c3ccccc3c3cc(-c4cccc(N5c6ccccc6Oc6ccccc65)c4)c4oc5c(-c6cccc(N7c8ccccc8Oc8ccccc87)c6)cccc5c4c32)cc1. The van der Waals surface area contributed by atoms with Crippen LogP contribution in [0.5, 0.6) is 23.0 Å². The van der Waals surface area contributed by atoms with Crippen LogP contribution in [0.1, 0.15) is 0 Å². The van der Waals surface area contributed by atoms with E-state index in [0.29, 0.717) is 0 Å². The molecule has 2 aliphatic rings. The van der Waals surface area contributed by atoms with Crippen molar-refractivity contribution in [1.82, 2.24) is 4.57 Å². The monoisotopic (exact) mass is 847 g/mol. The molecule has 0 spiro atoms. The van der Waals surface area contributed by atoms with E-state index in [2.05, 4.69) is 190 Å². The average molecular weight is 848 g/mol. The van der Waals surface area contributed by atoms with E-state index < -0.39 is 0 Å². The molecule has 10 aromatic carbocycles. The molecule has 6 nitrogen and oxygen atoms in total. The normalized spacial score (nSPS) is 12.7. The van der Waals surface area contributed by atoms with Gasteiger partial charge in [-0.2, -0.15) is 0 Å². The van der Waals surface area contributed by atoms with E-state index in [-0.39, 0.29) is 0 Å². The highest BCUT2D eigenvalue weighted by atomic mass is 16.5. The molecule has 0 fully saturated rings. The van der Waals surface area contributed by atoms with Gasteiger partial charge >= 0.3 is 0 Å². The third kappa shape index (κ3) is 5.42. The first-order valence-corrected chi connectivity index (χ1v) is 22.2. The zero-order valence-electron chi connectivity index (χ0n) is 35.4. The molecular weight excluding hydrogens is 811 g/mol. The second-order valence-electron chi connectivity index (χ2n) is 16.8. The van der Waals surface area contributed by atoms with E-state index in [1.807, 2.05) is 48.5 Å². The quantitative estimate of drug-likeness (QED) is 0.173. The van der Waals surface area contributed by atoms with E-state index in [0.717, 1.165) is 123 Å². The van der Waals surface area contributed by atoms with Crippen LogP contribution in [-0.2, 0) is 0 Å². The van der Waals surface area contributed by atoms with Crippen LogP contribution in [0.2, 0.25) is 0 Å². The summed E-state index contributed by atoms with van der Waals surface area (Å²) in [6.45, 7) is 0. The van der Waals surface area contributed by atoms with Crippen LogP contribution >= 0.6 is 0 Å². The first kappa shape index (κ1) is 36.5. The van der Waals surface area contributed by atoms with Gasteiger partial charge in [0.1, 0.15) is 11.2 Å². The molecule has 6 heteroatoms. The number of aromatic nitrogens is 1. The van der Waals surface area contributed by atoms with Crippen molar-refractivity contribution in [3.05, 3.63) is 224 Å². The largest absolute Gasteiger partial charge is 0.455 e. The maximum absolute atomic E-state index is 7.43. The van der Waals surface area contributed by atoms with Gasteiger partial charge in [-0.15, -0.1) is 0 Å². The Morgan fingerprint density at radius 3 is 1.38 bits per heavy atom. The molecule has 0 atom stereocenters. The molecule has 0 radical (unpaired) electrons. The average Bonchev–Trinajstić information content (AvgIpc) is 3.93. The Bertz CT molecular complexity index is 3830. The third-order valence-corrected chi connectivity index (χ3v) is 13.1. The molecule has 66 heavy (non-hydrogen) atoms. The fourth-order valence-electron chi connectivity index (χ4n) is 10.3. The van der Waals surface area contributed by atoms with Crippen molar-refractivity contribution in [2.45, 2.75) is 0 Å². The Labute approximate surface area is 380 Å². The highest BCUT2D eigenvalue weighted by Gasteiger charge is 2.29. The highest BCUT2D eigenvalue weighted by molar-refractivity contribution is 6.28. The molecule has 310 valence electrons. The Kier molecular flexibility index (Phi) is 7.88. The van der Waals surface area contributed by atoms with E-state index >= 15 is 0 Å². The summed E-state index contributed by atoms with van der Waals surface area (Å²) in [5.74, 6) is 3.26. The number of furan rings is 1. The van der Waals surface area contributed by atoms with E-state index in [1.165, 1.54) is 5.39 Å². The van der Waals surface area contributed by atoms with Crippen molar-refractivity contribution in [2.75, 3.05) is 9.80 Å². The van der Waals surface area contributed by atoms with Gasteiger partial charge in [0.05, 0.1) is 39.2 Å². The summed E-state index contributed by atoms with van der Waals surface area (Å²) >= 11 is 0. The van der Waals surface area contributed by atoms with Crippen molar-refractivity contribution in [3.63, 3.8) is 0 Å². The van der Waals surface area contributed by atoms with Crippen molar-refractivity contribution < 1.29 is 13.9 Å². The summed E-state index contributed by atoms with van der Waals surface area (Å²) in [5.41, 5.74) is 15.1. The first-order chi connectivity index (χ1) is 32.7. The second kappa shape index (κ2) is 14.3. The van der Waals surface area contributed by atoms with Gasteiger partial charge < -0.3 is 28.3 Å². The molecule has 12 aromatic rings. The molecular formula is C60H37N3O3. The number of fused-ring (bicyclic) bond motifs is 11. The zero-order chi connectivity index (χ0) is 43.3. The first-order valence-electron chi connectivity index (χ1n) is 22.2. The minimum absolute atomic E-state index is 0.815. The van der Waals surface area contributed by atoms with E-state index in [4.69, 9.17) is 13.9 Å². The van der Waals surface area contributed by atoms with Crippen LogP contribution in [0, 0.1) is 0 Å². The molecule has 0 N–H and O–H groups in total. The maximum atomic E-state index is 7.43. The van der Waals surface area contributed by atoms with Gasteiger partial charge in [-0.05, 0) is 108 Å². The van der Waals surface area contributed by atoms with Gasteiger partial charge in [0.15, 0.2) is 23.0 Å². The van der Waals surface area contributed by atoms with E-state index in [9.17, 15) is 0 Å². The number of rotatable bonds is 5. The van der Waals surface area contributed by atoms with Crippen molar-refractivity contribution in [1.29, 1.82) is 0 Å². The van der Waals surface area contributed by atoms with Crippen LogP contribution in [0.25, 0.3) is 71.7 Å². The molecule has 4 heterocycles. The van der Waals surface area contributed by atoms with Gasteiger partial charge in [0, 0.05) is 44.3 Å². The van der Waals surface area contributed by atoms with Crippen LogP contribution in [-0.4, -0.2) is 4.57 Å². The zero-order valence-corrected chi connectivity index (χ0v) is 35.4. The number of ether oxygens (including phenoxy) is 2. The lowest BCUT2D eigenvalue weighted by Crippen LogP contribution is -2.15. The smallest absolute Gasteiger partial charge is 0.151 e. The number of para-hydroxylation sites is 11. The van der Waals surface area contributed by atoms with Gasteiger partial charge in [-0.25, -0.2) is 0 Å². The van der Waals surface area contributed by atoms with Crippen molar-refractivity contribution in [3.8, 4) is 50.9 Å². The molecule has 2 aliphatic heterocycles. The van der Waals surface area contributed by atoms with Gasteiger partial charge in [0.25, 0.3) is 0 Å². The van der Waals surface area contributed by atoms with Crippen LogP contribution in [0.3, 0.4) is 0 Å². The Morgan fingerprint density at radius 2 is 0.788 bits per heavy atom. The lowest BCUT2D eigenvalue weighted by Gasteiger charge is -2.33. The van der Waals surface area contributed by atoms with Gasteiger partial charge in [-0.1, -0.05) is 127 Å². The molecule has 14 rings (SSSR count). The summed E-state index contributed by atoms with van der Waals surface area (Å²) < 4.78 is 22.6. The Morgan fingerprint density at radius 1 is 0.318 bits per heavy atom. The number of hydrogen-bond acceptors (Lipinski definition) is 5. The Balaban J connectivity index is 1.03. The molecule has 0 saturated heterocycles. The maximum Gasteiger partial charge on any atom is 0.151 e. The summed E-state index contributed by atoms with van der Waals surface area (Å²) in [6, 6.07) is 78.8.